The van der Waals surface area contributed by atoms with Crippen molar-refractivity contribution in [1.29, 1.82) is 0 Å². The van der Waals surface area contributed by atoms with Crippen molar-refractivity contribution in [3.63, 3.8) is 0 Å². The maximum atomic E-state index is 12.3. The number of esters is 1. The molecule has 1 aliphatic carbocycles. The first-order valence-electron chi connectivity index (χ1n) is 8.17. The molecule has 1 saturated heterocycles. The molecule has 1 spiro atoms. The Morgan fingerprint density at radius 1 is 1.52 bits per heavy atom. The lowest BCUT2D eigenvalue weighted by atomic mass is 9.71. The van der Waals surface area contributed by atoms with Crippen molar-refractivity contribution in [2.75, 3.05) is 20.2 Å². The maximum Gasteiger partial charge on any atom is 0.337 e. The standard InChI is InChI=1S/C16H14N6O4S/c1-25-14(23)8-5-18-12(13-17-2-3-27-13)19-11(8)6-22-16(15(24)20-22)4-10-9(16)7-26-21-10/h2-3,7H,4-6H2,1H3,(H,18,19)(H,20,24). The molecule has 0 bridgehead atoms. The average molecular weight is 386 g/mol. The highest BCUT2D eigenvalue weighted by molar-refractivity contribution is 7.11. The molecule has 2 N–H and O–H groups in total. The highest BCUT2D eigenvalue weighted by atomic mass is 32.1. The fourth-order valence-corrected chi connectivity index (χ4v) is 4.13. The Bertz CT molecular complexity index is 1010. The second-order valence-corrected chi connectivity index (χ2v) is 7.21. The number of hydrazine groups is 1. The number of amides is 1. The number of hydrogen-bond donors (Lipinski definition) is 2. The number of nitrogens with one attached hydrogen (secondary N) is 2. The number of aliphatic imine (C=N–C) groups is 1. The van der Waals surface area contributed by atoms with E-state index in [1.54, 1.807) is 11.2 Å². The Kier molecular flexibility index (Phi) is 3.42. The third-order valence-electron chi connectivity index (χ3n) is 5.00. The van der Waals surface area contributed by atoms with E-state index in [-0.39, 0.29) is 19.0 Å². The predicted octanol–water partition coefficient (Wildman–Crippen LogP) is -0.294. The summed E-state index contributed by atoms with van der Waals surface area (Å²) in [4.78, 5) is 33.1. The third-order valence-corrected chi connectivity index (χ3v) is 5.78. The Labute approximate surface area is 156 Å². The van der Waals surface area contributed by atoms with Gasteiger partial charge in [0.05, 0.1) is 31.5 Å². The first-order chi connectivity index (χ1) is 13.1. The number of fused-ring (bicyclic) bond motifs is 2. The summed E-state index contributed by atoms with van der Waals surface area (Å²) >= 11 is 1.45. The zero-order chi connectivity index (χ0) is 18.6. The summed E-state index contributed by atoms with van der Waals surface area (Å²) in [6, 6.07) is 0. The van der Waals surface area contributed by atoms with Crippen LogP contribution in [0.2, 0.25) is 0 Å². The second kappa shape index (κ2) is 5.72. The number of aromatic nitrogens is 2. The molecule has 138 valence electrons. The van der Waals surface area contributed by atoms with Crippen LogP contribution >= 0.6 is 11.3 Å². The number of carbonyl (C=O) groups is 2. The molecular weight excluding hydrogens is 372 g/mol. The van der Waals surface area contributed by atoms with Crippen molar-refractivity contribution in [3.05, 3.63) is 45.4 Å². The van der Waals surface area contributed by atoms with Crippen molar-refractivity contribution >= 4 is 29.0 Å². The van der Waals surface area contributed by atoms with E-state index < -0.39 is 11.5 Å². The smallest absolute Gasteiger partial charge is 0.337 e. The van der Waals surface area contributed by atoms with E-state index in [1.807, 2.05) is 5.38 Å². The lowest BCUT2D eigenvalue weighted by Gasteiger charge is -2.55. The lowest BCUT2D eigenvalue weighted by Crippen LogP contribution is -2.78. The normalized spacial score (nSPS) is 23.7. The van der Waals surface area contributed by atoms with Gasteiger partial charge in [-0.25, -0.2) is 9.78 Å². The molecule has 0 radical (unpaired) electrons. The molecule has 10 nitrogen and oxygen atoms in total. The molecule has 0 aromatic carbocycles. The summed E-state index contributed by atoms with van der Waals surface area (Å²) in [6.07, 6.45) is 3.66. The van der Waals surface area contributed by atoms with Gasteiger partial charge in [0.2, 0.25) is 0 Å². The molecule has 11 heteroatoms. The minimum absolute atomic E-state index is 0.108. The summed E-state index contributed by atoms with van der Waals surface area (Å²) in [5.41, 5.74) is 4.57. The van der Waals surface area contributed by atoms with Gasteiger partial charge in [-0.2, -0.15) is 5.01 Å². The molecule has 4 heterocycles. The van der Waals surface area contributed by atoms with Crippen molar-refractivity contribution in [3.8, 4) is 0 Å². The van der Waals surface area contributed by atoms with Gasteiger partial charge in [-0.1, -0.05) is 5.16 Å². The molecule has 1 unspecified atom stereocenters. The summed E-state index contributed by atoms with van der Waals surface area (Å²) in [5, 5.41) is 11.4. The van der Waals surface area contributed by atoms with Crippen LogP contribution in [0.25, 0.3) is 0 Å². The molecule has 3 aliphatic rings. The van der Waals surface area contributed by atoms with Crippen molar-refractivity contribution in [1.82, 2.24) is 25.9 Å². The van der Waals surface area contributed by atoms with Crippen LogP contribution in [0.15, 0.2) is 38.6 Å². The molecule has 1 fully saturated rings. The Balaban J connectivity index is 1.44. The van der Waals surface area contributed by atoms with Crippen LogP contribution in [0.3, 0.4) is 0 Å². The molecule has 2 aromatic heterocycles. The van der Waals surface area contributed by atoms with E-state index in [0.717, 1.165) is 16.3 Å². The quantitative estimate of drug-likeness (QED) is 0.687. The largest absolute Gasteiger partial charge is 0.466 e. The van der Waals surface area contributed by atoms with Crippen LogP contribution in [0.4, 0.5) is 0 Å². The summed E-state index contributed by atoms with van der Waals surface area (Å²) in [7, 11) is 1.33. The number of rotatable bonds is 4. The van der Waals surface area contributed by atoms with Crippen molar-refractivity contribution in [2.45, 2.75) is 12.0 Å². The van der Waals surface area contributed by atoms with E-state index >= 15 is 0 Å². The zero-order valence-electron chi connectivity index (χ0n) is 14.2. The minimum atomic E-state index is -0.790. The van der Waals surface area contributed by atoms with E-state index in [4.69, 9.17) is 9.26 Å². The third kappa shape index (κ3) is 2.18. The van der Waals surface area contributed by atoms with Crippen LogP contribution in [0, 0.1) is 0 Å². The first-order valence-corrected chi connectivity index (χ1v) is 9.05. The molecule has 2 aliphatic heterocycles. The van der Waals surface area contributed by atoms with Gasteiger partial charge in [0, 0.05) is 29.3 Å². The SMILES string of the molecule is COC(=O)C1=C(CN2NC(=O)C23Cc2nocc23)NC(c2nccs2)=NC1. The average Bonchev–Trinajstić information content (AvgIpc) is 3.31. The Morgan fingerprint density at radius 3 is 3.11 bits per heavy atom. The van der Waals surface area contributed by atoms with Crippen molar-refractivity contribution in [2.24, 2.45) is 4.99 Å². The van der Waals surface area contributed by atoms with Crippen LogP contribution < -0.4 is 10.7 Å². The van der Waals surface area contributed by atoms with Gasteiger partial charge in [0.25, 0.3) is 5.91 Å². The van der Waals surface area contributed by atoms with Crippen LogP contribution in [0.1, 0.15) is 16.3 Å². The molecular formula is C16H14N6O4S. The number of carbonyl (C=O) groups excluding carboxylic acids is 2. The van der Waals surface area contributed by atoms with E-state index in [1.165, 1.54) is 24.7 Å². The number of amidine groups is 1. The van der Waals surface area contributed by atoms with Crippen LogP contribution in [0.5, 0.6) is 0 Å². The molecule has 2 aromatic rings. The maximum absolute atomic E-state index is 12.3. The zero-order valence-corrected chi connectivity index (χ0v) is 15.0. The highest BCUT2D eigenvalue weighted by Gasteiger charge is 2.63. The Morgan fingerprint density at radius 2 is 2.41 bits per heavy atom. The number of methoxy groups -OCH3 is 1. The fourth-order valence-electron chi connectivity index (χ4n) is 3.53. The summed E-state index contributed by atoms with van der Waals surface area (Å²) < 4.78 is 9.87. The van der Waals surface area contributed by atoms with E-state index in [9.17, 15) is 9.59 Å². The second-order valence-electron chi connectivity index (χ2n) is 6.31. The van der Waals surface area contributed by atoms with Gasteiger partial charge < -0.3 is 14.6 Å². The summed E-state index contributed by atoms with van der Waals surface area (Å²) in [6.45, 7) is 0.461. The fraction of sp³-hybridized carbons (Fsp3) is 0.312. The van der Waals surface area contributed by atoms with E-state index in [2.05, 4.69) is 25.9 Å². The number of ether oxygens (including phenoxy) is 1. The Hall–Kier alpha value is -3.05. The lowest BCUT2D eigenvalue weighted by molar-refractivity contribution is -0.169. The topological polar surface area (TPSA) is 122 Å². The number of hydrogen-bond acceptors (Lipinski definition) is 10. The van der Waals surface area contributed by atoms with Crippen LogP contribution in [-0.4, -0.2) is 53.1 Å². The molecule has 1 atom stereocenters. The van der Waals surface area contributed by atoms with Crippen molar-refractivity contribution < 1.29 is 18.8 Å². The molecule has 1 amide bonds. The number of thiazole rings is 1. The first kappa shape index (κ1) is 16.1. The van der Waals surface area contributed by atoms with Gasteiger partial charge in [-0.3, -0.25) is 15.2 Å². The van der Waals surface area contributed by atoms with Gasteiger partial charge >= 0.3 is 5.97 Å². The van der Waals surface area contributed by atoms with Gasteiger partial charge in [0.1, 0.15) is 6.26 Å². The number of nitrogens with zero attached hydrogens (tertiary/aromatic N) is 4. The van der Waals surface area contributed by atoms with Gasteiger partial charge in [-0.05, 0) is 0 Å². The van der Waals surface area contributed by atoms with Crippen LogP contribution in [-0.2, 0) is 26.3 Å². The van der Waals surface area contributed by atoms with Gasteiger partial charge in [-0.15, -0.1) is 11.3 Å². The highest BCUT2D eigenvalue weighted by Crippen LogP contribution is 2.47. The minimum Gasteiger partial charge on any atom is -0.466 e. The summed E-state index contributed by atoms with van der Waals surface area (Å²) in [5.74, 6) is 0.0236. The van der Waals surface area contributed by atoms with E-state index in [0.29, 0.717) is 23.5 Å². The molecule has 0 saturated carbocycles. The monoisotopic (exact) mass is 386 g/mol. The molecule has 27 heavy (non-hydrogen) atoms. The predicted molar refractivity (Wildman–Crippen MR) is 92.4 cm³/mol. The molecule has 5 rings (SSSR count). The van der Waals surface area contributed by atoms with Gasteiger partial charge in [0.15, 0.2) is 16.4 Å².